The fourth-order valence-electron chi connectivity index (χ4n) is 1.38. The molecule has 0 atom stereocenters. The number of nitrogens with two attached hydrogens (primary N) is 1. The molecule has 16 heavy (non-hydrogen) atoms. The van der Waals surface area contributed by atoms with Crippen LogP contribution in [-0.4, -0.2) is 18.1 Å². The van der Waals surface area contributed by atoms with Gasteiger partial charge in [-0.3, -0.25) is 4.98 Å². The van der Waals surface area contributed by atoms with Crippen molar-refractivity contribution in [3.8, 4) is 5.75 Å². The predicted molar refractivity (Wildman–Crippen MR) is 66.7 cm³/mol. The van der Waals surface area contributed by atoms with Crippen molar-refractivity contribution in [1.82, 2.24) is 4.98 Å². The summed E-state index contributed by atoms with van der Waals surface area (Å²) in [6.07, 6.45) is 1.63. The largest absolute Gasteiger partial charge is 0.491 e. The third-order valence-corrected chi connectivity index (χ3v) is 2.24. The standard InChI is InChI=1S/C13H20N2O/c1-10(2)7-9-16-13-5-4-11(3)15-12(13)6-8-14/h4-5H,1,6-9,14H2,2-3H3. The summed E-state index contributed by atoms with van der Waals surface area (Å²) in [4.78, 5) is 4.43. The van der Waals surface area contributed by atoms with Crippen LogP contribution in [0.1, 0.15) is 24.7 Å². The molecule has 3 heteroatoms. The van der Waals surface area contributed by atoms with Crippen LogP contribution in [0.5, 0.6) is 5.75 Å². The molecule has 0 aromatic carbocycles. The molecule has 1 aromatic rings. The summed E-state index contributed by atoms with van der Waals surface area (Å²) in [6, 6.07) is 3.92. The van der Waals surface area contributed by atoms with Gasteiger partial charge in [0.25, 0.3) is 0 Å². The summed E-state index contributed by atoms with van der Waals surface area (Å²) in [6.45, 7) is 9.05. The molecule has 0 aliphatic carbocycles. The van der Waals surface area contributed by atoms with Gasteiger partial charge in [0.15, 0.2) is 0 Å². The molecular weight excluding hydrogens is 200 g/mol. The first-order valence-corrected chi connectivity index (χ1v) is 5.57. The van der Waals surface area contributed by atoms with Crippen LogP contribution in [-0.2, 0) is 6.42 Å². The maximum atomic E-state index is 5.68. The van der Waals surface area contributed by atoms with E-state index in [1.807, 2.05) is 26.0 Å². The van der Waals surface area contributed by atoms with Crippen molar-refractivity contribution in [2.24, 2.45) is 5.73 Å². The van der Waals surface area contributed by atoms with Crippen LogP contribution in [0.2, 0.25) is 0 Å². The Hall–Kier alpha value is -1.35. The molecule has 1 rings (SSSR count). The number of hydrogen-bond donors (Lipinski definition) is 1. The Bertz CT molecular complexity index is 361. The van der Waals surface area contributed by atoms with Crippen LogP contribution in [0.25, 0.3) is 0 Å². The number of pyridine rings is 1. The average molecular weight is 220 g/mol. The Kier molecular flexibility index (Phi) is 4.99. The number of rotatable bonds is 6. The molecule has 0 spiro atoms. The number of hydrogen-bond acceptors (Lipinski definition) is 3. The minimum atomic E-state index is 0.591. The van der Waals surface area contributed by atoms with E-state index in [1.165, 1.54) is 0 Å². The maximum Gasteiger partial charge on any atom is 0.140 e. The highest BCUT2D eigenvalue weighted by Crippen LogP contribution is 2.17. The molecule has 0 radical (unpaired) electrons. The van der Waals surface area contributed by atoms with E-state index in [4.69, 9.17) is 10.5 Å². The number of aryl methyl sites for hydroxylation is 1. The molecule has 0 aliphatic rings. The Morgan fingerprint density at radius 3 is 2.88 bits per heavy atom. The van der Waals surface area contributed by atoms with E-state index in [1.54, 1.807) is 0 Å². The van der Waals surface area contributed by atoms with Gasteiger partial charge in [-0.05, 0) is 32.5 Å². The van der Waals surface area contributed by atoms with Crippen molar-refractivity contribution in [3.05, 3.63) is 35.7 Å². The molecule has 1 aromatic heterocycles. The SMILES string of the molecule is C=C(C)CCOc1ccc(C)nc1CCN. The topological polar surface area (TPSA) is 48.1 Å². The molecule has 0 unspecified atom stereocenters. The minimum Gasteiger partial charge on any atom is -0.491 e. The van der Waals surface area contributed by atoms with Gasteiger partial charge in [0.1, 0.15) is 5.75 Å². The fourth-order valence-corrected chi connectivity index (χ4v) is 1.38. The first kappa shape index (κ1) is 12.7. The first-order valence-electron chi connectivity index (χ1n) is 5.57. The first-order chi connectivity index (χ1) is 7.63. The highest BCUT2D eigenvalue weighted by molar-refractivity contribution is 5.29. The van der Waals surface area contributed by atoms with Crippen LogP contribution in [0.15, 0.2) is 24.3 Å². The Balaban J connectivity index is 2.66. The van der Waals surface area contributed by atoms with E-state index in [9.17, 15) is 0 Å². The molecule has 1 heterocycles. The van der Waals surface area contributed by atoms with Crippen molar-refractivity contribution >= 4 is 0 Å². The molecular formula is C13H20N2O. The van der Waals surface area contributed by atoms with Gasteiger partial charge in [-0.25, -0.2) is 0 Å². The van der Waals surface area contributed by atoms with Crippen LogP contribution in [0, 0.1) is 6.92 Å². The minimum absolute atomic E-state index is 0.591. The lowest BCUT2D eigenvalue weighted by atomic mass is 10.2. The Labute approximate surface area is 97.3 Å². The fraction of sp³-hybridized carbons (Fsp3) is 0.462. The van der Waals surface area contributed by atoms with Crippen molar-refractivity contribution in [3.63, 3.8) is 0 Å². The van der Waals surface area contributed by atoms with E-state index in [0.29, 0.717) is 13.2 Å². The lowest BCUT2D eigenvalue weighted by molar-refractivity contribution is 0.316. The zero-order chi connectivity index (χ0) is 12.0. The van der Waals surface area contributed by atoms with Crippen molar-refractivity contribution in [1.29, 1.82) is 0 Å². The zero-order valence-electron chi connectivity index (χ0n) is 10.1. The Morgan fingerprint density at radius 2 is 2.25 bits per heavy atom. The predicted octanol–water partition coefficient (Wildman–Crippen LogP) is 2.24. The molecule has 0 aliphatic heterocycles. The molecule has 2 N–H and O–H groups in total. The molecule has 0 amide bonds. The highest BCUT2D eigenvalue weighted by Gasteiger charge is 2.04. The maximum absolute atomic E-state index is 5.68. The monoisotopic (exact) mass is 220 g/mol. The zero-order valence-corrected chi connectivity index (χ0v) is 10.1. The second kappa shape index (κ2) is 6.28. The van der Waals surface area contributed by atoms with Gasteiger partial charge in [-0.2, -0.15) is 0 Å². The smallest absolute Gasteiger partial charge is 0.140 e. The quantitative estimate of drug-likeness (QED) is 0.748. The summed E-state index contributed by atoms with van der Waals surface area (Å²) >= 11 is 0. The molecule has 0 fully saturated rings. The van der Waals surface area contributed by atoms with Gasteiger partial charge in [-0.1, -0.05) is 5.57 Å². The van der Waals surface area contributed by atoms with Crippen molar-refractivity contribution < 1.29 is 4.74 Å². The highest BCUT2D eigenvalue weighted by atomic mass is 16.5. The summed E-state index contributed by atoms with van der Waals surface area (Å²) in [5.41, 5.74) is 8.62. The van der Waals surface area contributed by atoms with Crippen molar-refractivity contribution in [2.45, 2.75) is 26.7 Å². The lowest BCUT2D eigenvalue weighted by Gasteiger charge is -2.10. The third-order valence-electron chi connectivity index (χ3n) is 2.24. The number of aromatic nitrogens is 1. The van der Waals surface area contributed by atoms with E-state index in [0.717, 1.165) is 35.6 Å². The number of nitrogens with zero attached hydrogens (tertiary/aromatic N) is 1. The van der Waals surface area contributed by atoms with Gasteiger partial charge < -0.3 is 10.5 Å². The van der Waals surface area contributed by atoms with E-state index in [2.05, 4.69) is 11.6 Å². The molecule has 0 saturated carbocycles. The average Bonchev–Trinajstić information content (AvgIpc) is 2.21. The van der Waals surface area contributed by atoms with E-state index < -0.39 is 0 Å². The van der Waals surface area contributed by atoms with E-state index in [-0.39, 0.29) is 0 Å². The molecule has 88 valence electrons. The second-order valence-electron chi connectivity index (χ2n) is 3.99. The van der Waals surface area contributed by atoms with Crippen molar-refractivity contribution in [2.75, 3.05) is 13.2 Å². The van der Waals surface area contributed by atoms with Gasteiger partial charge in [0, 0.05) is 18.5 Å². The van der Waals surface area contributed by atoms with Crippen LogP contribution in [0.4, 0.5) is 0 Å². The molecule has 0 saturated heterocycles. The Morgan fingerprint density at radius 1 is 1.50 bits per heavy atom. The summed E-state index contributed by atoms with van der Waals surface area (Å²) < 4.78 is 5.68. The third kappa shape index (κ3) is 4.03. The van der Waals surface area contributed by atoms with Gasteiger partial charge in [-0.15, -0.1) is 6.58 Å². The van der Waals surface area contributed by atoms with Gasteiger partial charge in [0.2, 0.25) is 0 Å². The van der Waals surface area contributed by atoms with E-state index >= 15 is 0 Å². The summed E-state index contributed by atoms with van der Waals surface area (Å²) in [7, 11) is 0. The summed E-state index contributed by atoms with van der Waals surface area (Å²) in [5, 5.41) is 0. The summed E-state index contributed by atoms with van der Waals surface area (Å²) in [5.74, 6) is 0.845. The lowest BCUT2D eigenvalue weighted by Crippen LogP contribution is -2.08. The van der Waals surface area contributed by atoms with Crippen LogP contribution >= 0.6 is 0 Å². The normalized spacial score (nSPS) is 10.2. The van der Waals surface area contributed by atoms with Gasteiger partial charge >= 0.3 is 0 Å². The van der Waals surface area contributed by atoms with Crippen LogP contribution < -0.4 is 10.5 Å². The molecule has 3 nitrogen and oxygen atoms in total. The van der Waals surface area contributed by atoms with Crippen LogP contribution in [0.3, 0.4) is 0 Å². The number of ether oxygens (including phenoxy) is 1. The second-order valence-corrected chi connectivity index (χ2v) is 3.99. The van der Waals surface area contributed by atoms with Gasteiger partial charge in [0.05, 0.1) is 12.3 Å². The molecule has 0 bridgehead atoms.